The maximum atomic E-state index is 5.56. The molecule has 100 valence electrons. The molecular formula is C12H26N4O. The van der Waals surface area contributed by atoms with Gasteiger partial charge >= 0.3 is 0 Å². The Kier molecular flexibility index (Phi) is 6.29. The molecule has 0 saturated heterocycles. The molecule has 0 bridgehead atoms. The maximum Gasteiger partial charge on any atom is 0.208 e. The van der Waals surface area contributed by atoms with Crippen LogP contribution in [0.1, 0.15) is 39.0 Å². The molecular weight excluding hydrogens is 216 g/mol. The minimum absolute atomic E-state index is 0.262. The molecule has 0 radical (unpaired) electrons. The summed E-state index contributed by atoms with van der Waals surface area (Å²) in [5, 5.41) is 0. The van der Waals surface area contributed by atoms with E-state index in [1.807, 2.05) is 11.9 Å². The molecule has 0 spiro atoms. The van der Waals surface area contributed by atoms with Crippen LogP contribution in [0.25, 0.3) is 0 Å². The molecule has 1 fully saturated rings. The summed E-state index contributed by atoms with van der Waals surface area (Å²) in [6.07, 6.45) is 6.26. The Bertz CT molecular complexity index is 239. The molecule has 0 aromatic rings. The molecule has 5 heteroatoms. The van der Waals surface area contributed by atoms with Crippen molar-refractivity contribution in [2.75, 3.05) is 20.8 Å². The highest BCUT2D eigenvalue weighted by Crippen LogP contribution is 2.20. The zero-order valence-electron chi connectivity index (χ0n) is 11.3. The van der Waals surface area contributed by atoms with Crippen LogP contribution in [0.5, 0.6) is 0 Å². The Morgan fingerprint density at radius 1 is 1.47 bits per heavy atom. The van der Waals surface area contributed by atoms with Gasteiger partial charge in [-0.3, -0.25) is 5.43 Å². The van der Waals surface area contributed by atoms with Gasteiger partial charge in [0, 0.05) is 14.2 Å². The zero-order valence-corrected chi connectivity index (χ0v) is 11.3. The lowest BCUT2D eigenvalue weighted by atomic mass is 9.96. The standard InChI is InChI=1S/C12H26N4O/c1-10(9-17-3)16(2)12(15-13)14-11-7-5-4-6-8-11/h10-11H,4-9,13H2,1-3H3,(H,14,15). The van der Waals surface area contributed by atoms with Gasteiger partial charge in [0.25, 0.3) is 0 Å². The van der Waals surface area contributed by atoms with E-state index in [0.29, 0.717) is 12.6 Å². The summed E-state index contributed by atoms with van der Waals surface area (Å²) >= 11 is 0. The number of nitrogens with two attached hydrogens (primary N) is 1. The van der Waals surface area contributed by atoms with Crippen molar-refractivity contribution >= 4 is 5.96 Å². The van der Waals surface area contributed by atoms with Crippen LogP contribution in [0, 0.1) is 0 Å². The molecule has 1 aliphatic carbocycles. The topological polar surface area (TPSA) is 62.9 Å². The van der Waals surface area contributed by atoms with Gasteiger partial charge in [0.1, 0.15) is 0 Å². The third-order valence-electron chi connectivity index (χ3n) is 3.41. The van der Waals surface area contributed by atoms with Gasteiger partial charge < -0.3 is 9.64 Å². The first-order valence-corrected chi connectivity index (χ1v) is 6.45. The summed E-state index contributed by atoms with van der Waals surface area (Å²) in [6, 6.07) is 0.686. The Hall–Kier alpha value is -0.810. The number of ether oxygens (including phenoxy) is 1. The summed E-state index contributed by atoms with van der Waals surface area (Å²) in [7, 11) is 3.70. The molecule has 1 rings (SSSR count). The normalized spacial score (nSPS) is 20.1. The number of guanidine groups is 1. The van der Waals surface area contributed by atoms with Crippen LogP contribution in [0.3, 0.4) is 0 Å². The Balaban J connectivity index is 2.58. The largest absolute Gasteiger partial charge is 0.383 e. The Morgan fingerprint density at radius 3 is 2.65 bits per heavy atom. The van der Waals surface area contributed by atoms with Crippen LogP contribution in [0.2, 0.25) is 0 Å². The predicted molar refractivity (Wildman–Crippen MR) is 70.7 cm³/mol. The van der Waals surface area contributed by atoms with Gasteiger partial charge in [-0.2, -0.15) is 0 Å². The van der Waals surface area contributed by atoms with Crippen LogP contribution < -0.4 is 11.3 Å². The Labute approximate surface area is 104 Å². The van der Waals surface area contributed by atoms with E-state index in [-0.39, 0.29) is 6.04 Å². The predicted octanol–water partition coefficient (Wildman–Crippen LogP) is 1.11. The van der Waals surface area contributed by atoms with E-state index in [4.69, 9.17) is 15.6 Å². The molecule has 0 aliphatic heterocycles. The van der Waals surface area contributed by atoms with Gasteiger partial charge in [0.2, 0.25) is 5.96 Å². The Morgan fingerprint density at radius 2 is 2.12 bits per heavy atom. The molecule has 0 amide bonds. The van der Waals surface area contributed by atoms with Crippen molar-refractivity contribution < 1.29 is 4.74 Å². The van der Waals surface area contributed by atoms with Crippen LogP contribution in [0.15, 0.2) is 4.99 Å². The average Bonchev–Trinajstić information content (AvgIpc) is 2.36. The molecule has 0 aromatic carbocycles. The summed E-state index contributed by atoms with van der Waals surface area (Å²) < 4.78 is 5.14. The zero-order chi connectivity index (χ0) is 12.7. The summed E-state index contributed by atoms with van der Waals surface area (Å²) in [6.45, 7) is 2.76. The number of hydrazine groups is 1. The fourth-order valence-electron chi connectivity index (χ4n) is 2.17. The minimum atomic E-state index is 0.262. The fraction of sp³-hybridized carbons (Fsp3) is 0.917. The van der Waals surface area contributed by atoms with Crippen molar-refractivity contribution in [1.82, 2.24) is 10.3 Å². The second-order valence-corrected chi connectivity index (χ2v) is 4.80. The lowest BCUT2D eigenvalue weighted by Crippen LogP contribution is -2.48. The van der Waals surface area contributed by atoms with E-state index in [9.17, 15) is 0 Å². The monoisotopic (exact) mass is 242 g/mol. The number of methoxy groups -OCH3 is 1. The third-order valence-corrected chi connectivity index (χ3v) is 3.41. The van der Waals surface area contributed by atoms with Gasteiger partial charge in [-0.15, -0.1) is 0 Å². The van der Waals surface area contributed by atoms with Crippen molar-refractivity contribution in [1.29, 1.82) is 0 Å². The van der Waals surface area contributed by atoms with Gasteiger partial charge in [0.15, 0.2) is 0 Å². The van der Waals surface area contributed by atoms with Gasteiger partial charge in [-0.25, -0.2) is 10.8 Å². The smallest absolute Gasteiger partial charge is 0.208 e. The molecule has 5 nitrogen and oxygen atoms in total. The van der Waals surface area contributed by atoms with Crippen molar-refractivity contribution in [3.05, 3.63) is 0 Å². The van der Waals surface area contributed by atoms with Crippen molar-refractivity contribution in [2.45, 2.75) is 51.1 Å². The highest BCUT2D eigenvalue weighted by molar-refractivity contribution is 5.79. The number of hydrogen-bond donors (Lipinski definition) is 2. The van der Waals surface area contributed by atoms with Crippen molar-refractivity contribution in [2.24, 2.45) is 10.8 Å². The van der Waals surface area contributed by atoms with E-state index in [1.54, 1.807) is 7.11 Å². The number of likely N-dealkylation sites (N-methyl/N-ethyl adjacent to an activating group) is 1. The van der Waals surface area contributed by atoms with E-state index >= 15 is 0 Å². The van der Waals surface area contributed by atoms with E-state index in [2.05, 4.69) is 12.3 Å². The number of nitrogens with zero attached hydrogens (tertiary/aromatic N) is 2. The third kappa shape index (κ3) is 4.52. The molecule has 3 N–H and O–H groups in total. The lowest BCUT2D eigenvalue weighted by molar-refractivity contribution is 0.144. The summed E-state index contributed by atoms with van der Waals surface area (Å²) in [5.74, 6) is 6.33. The lowest BCUT2D eigenvalue weighted by Gasteiger charge is -2.29. The maximum absolute atomic E-state index is 5.56. The first-order valence-electron chi connectivity index (χ1n) is 6.45. The van der Waals surface area contributed by atoms with Crippen molar-refractivity contribution in [3.8, 4) is 0 Å². The molecule has 1 saturated carbocycles. The molecule has 1 unspecified atom stereocenters. The molecule has 17 heavy (non-hydrogen) atoms. The van der Waals surface area contributed by atoms with E-state index in [0.717, 1.165) is 5.96 Å². The van der Waals surface area contributed by atoms with Crippen LogP contribution in [-0.4, -0.2) is 43.7 Å². The summed E-state index contributed by atoms with van der Waals surface area (Å²) in [5.41, 5.74) is 2.71. The molecule has 1 aliphatic rings. The van der Waals surface area contributed by atoms with Crippen LogP contribution in [0.4, 0.5) is 0 Å². The number of hydrogen-bond acceptors (Lipinski definition) is 3. The van der Waals surface area contributed by atoms with Crippen molar-refractivity contribution in [3.63, 3.8) is 0 Å². The quantitative estimate of drug-likeness (QED) is 0.335. The second-order valence-electron chi connectivity index (χ2n) is 4.80. The van der Waals surface area contributed by atoms with E-state index in [1.165, 1.54) is 32.1 Å². The molecule has 0 aromatic heterocycles. The fourth-order valence-corrected chi connectivity index (χ4v) is 2.17. The highest BCUT2D eigenvalue weighted by atomic mass is 16.5. The number of aliphatic imine (C=N–C) groups is 1. The SMILES string of the molecule is COCC(C)N(C)C(=NC1CCCCC1)NN. The first-order chi connectivity index (χ1) is 8.19. The van der Waals surface area contributed by atoms with Crippen LogP contribution in [-0.2, 0) is 4.74 Å². The van der Waals surface area contributed by atoms with Gasteiger partial charge in [0.05, 0.1) is 18.7 Å². The van der Waals surface area contributed by atoms with Gasteiger partial charge in [-0.05, 0) is 19.8 Å². The summed E-state index contributed by atoms with van der Waals surface area (Å²) in [4.78, 5) is 6.75. The van der Waals surface area contributed by atoms with Gasteiger partial charge in [-0.1, -0.05) is 19.3 Å². The molecule has 1 atom stereocenters. The van der Waals surface area contributed by atoms with Crippen LogP contribution >= 0.6 is 0 Å². The minimum Gasteiger partial charge on any atom is -0.383 e. The highest BCUT2D eigenvalue weighted by Gasteiger charge is 2.17. The number of nitrogens with one attached hydrogen (secondary N) is 1. The molecule has 0 heterocycles. The van der Waals surface area contributed by atoms with E-state index < -0.39 is 0 Å². The first kappa shape index (κ1) is 14.3. The number of rotatable bonds is 4. The average molecular weight is 242 g/mol. The second kappa shape index (κ2) is 7.50.